The third kappa shape index (κ3) is 3.64. The first-order valence-electron chi connectivity index (χ1n) is 9.24. The zero-order valence-electron chi connectivity index (χ0n) is 14.8. The topological polar surface area (TPSA) is 90.6 Å². The number of aromatic nitrogens is 2. The lowest BCUT2D eigenvalue weighted by Gasteiger charge is -2.38. The molecule has 4 rings (SSSR count). The molecule has 0 bridgehead atoms. The first-order valence-corrected chi connectivity index (χ1v) is 9.24. The molecule has 2 heterocycles. The Bertz CT molecular complexity index is 783. The average Bonchev–Trinajstić information content (AvgIpc) is 2.69. The van der Waals surface area contributed by atoms with E-state index < -0.39 is 5.91 Å². The van der Waals surface area contributed by atoms with Crippen molar-refractivity contribution in [3.05, 3.63) is 30.1 Å². The Labute approximate surface area is 152 Å². The first kappa shape index (κ1) is 17.2. The summed E-state index contributed by atoms with van der Waals surface area (Å²) in [5.41, 5.74) is 6.58. The Balaban J connectivity index is 1.44. The molecule has 1 saturated carbocycles. The van der Waals surface area contributed by atoms with Gasteiger partial charge in [-0.25, -0.2) is 9.97 Å². The predicted molar refractivity (Wildman–Crippen MR) is 97.1 cm³/mol. The highest BCUT2D eigenvalue weighted by Gasteiger charge is 2.28. The molecule has 2 aliphatic rings. The summed E-state index contributed by atoms with van der Waals surface area (Å²) >= 11 is 0. The Kier molecular flexibility index (Phi) is 4.99. The third-order valence-electron chi connectivity index (χ3n) is 5.37. The highest BCUT2D eigenvalue weighted by atomic mass is 16.5. The molecular weight excluding hydrogens is 332 g/mol. The van der Waals surface area contributed by atoms with Crippen LogP contribution in [0.25, 0.3) is 10.9 Å². The van der Waals surface area contributed by atoms with E-state index in [2.05, 4.69) is 14.9 Å². The number of ether oxygens (including phenoxy) is 2. The molecule has 1 saturated heterocycles. The van der Waals surface area contributed by atoms with E-state index in [1.165, 1.54) is 6.33 Å². The minimum Gasteiger partial charge on any atom is -0.474 e. The van der Waals surface area contributed by atoms with E-state index in [9.17, 15) is 4.79 Å². The summed E-state index contributed by atoms with van der Waals surface area (Å²) < 4.78 is 11.6. The molecule has 0 atom stereocenters. The van der Waals surface area contributed by atoms with Gasteiger partial charge in [0, 0.05) is 24.7 Å². The van der Waals surface area contributed by atoms with Crippen LogP contribution in [0.3, 0.4) is 0 Å². The lowest BCUT2D eigenvalue weighted by Crippen LogP contribution is -2.46. The maximum Gasteiger partial charge on any atom is 0.248 e. The van der Waals surface area contributed by atoms with E-state index in [4.69, 9.17) is 15.2 Å². The quantitative estimate of drug-likeness (QED) is 0.897. The fourth-order valence-corrected chi connectivity index (χ4v) is 3.91. The van der Waals surface area contributed by atoms with Gasteiger partial charge < -0.3 is 15.2 Å². The molecule has 1 aromatic heterocycles. The molecule has 0 spiro atoms. The molecule has 1 amide bonds. The standard InChI is InChI=1S/C19H24N4O3/c20-18(24)13-1-6-17-16(11-13)19(22-12-21-17)26-15-4-2-14(3-5-15)23-7-9-25-10-8-23/h1,6,11-12,14-15H,2-5,7-10H2,(H2,20,24). The smallest absolute Gasteiger partial charge is 0.248 e. The summed E-state index contributed by atoms with van der Waals surface area (Å²) in [6, 6.07) is 5.79. The van der Waals surface area contributed by atoms with Crippen molar-refractivity contribution in [1.82, 2.24) is 14.9 Å². The van der Waals surface area contributed by atoms with E-state index >= 15 is 0 Å². The number of hydrogen-bond acceptors (Lipinski definition) is 6. The van der Waals surface area contributed by atoms with Crippen molar-refractivity contribution in [1.29, 1.82) is 0 Å². The molecule has 1 aliphatic carbocycles. The first-order chi connectivity index (χ1) is 12.7. The van der Waals surface area contributed by atoms with Gasteiger partial charge in [0.2, 0.25) is 11.8 Å². The van der Waals surface area contributed by atoms with Crippen LogP contribution < -0.4 is 10.5 Å². The number of nitrogens with two attached hydrogens (primary N) is 1. The number of carbonyl (C=O) groups excluding carboxylic acids is 1. The molecule has 1 aliphatic heterocycles. The van der Waals surface area contributed by atoms with Crippen molar-refractivity contribution in [3.63, 3.8) is 0 Å². The summed E-state index contributed by atoms with van der Waals surface area (Å²) in [5.74, 6) is 0.0700. The molecule has 7 heteroatoms. The van der Waals surface area contributed by atoms with Gasteiger partial charge in [0.1, 0.15) is 12.4 Å². The number of rotatable bonds is 4. The lowest BCUT2D eigenvalue weighted by molar-refractivity contribution is -0.00126. The monoisotopic (exact) mass is 356 g/mol. The van der Waals surface area contributed by atoms with E-state index in [1.807, 2.05) is 0 Å². The summed E-state index contributed by atoms with van der Waals surface area (Å²) in [6.45, 7) is 3.74. The van der Waals surface area contributed by atoms with Crippen LogP contribution in [0.2, 0.25) is 0 Å². The van der Waals surface area contributed by atoms with Gasteiger partial charge in [-0.05, 0) is 43.9 Å². The number of primary amides is 1. The van der Waals surface area contributed by atoms with Gasteiger partial charge in [-0.2, -0.15) is 0 Å². The molecule has 0 radical (unpaired) electrons. The maximum atomic E-state index is 11.5. The predicted octanol–water partition coefficient (Wildman–Crippen LogP) is 1.75. The average molecular weight is 356 g/mol. The fourth-order valence-electron chi connectivity index (χ4n) is 3.91. The second kappa shape index (κ2) is 7.55. The number of hydrogen-bond donors (Lipinski definition) is 1. The zero-order chi connectivity index (χ0) is 17.9. The molecule has 138 valence electrons. The Morgan fingerprint density at radius 1 is 1.15 bits per heavy atom. The Morgan fingerprint density at radius 3 is 2.65 bits per heavy atom. The molecule has 0 unspecified atom stereocenters. The number of benzene rings is 1. The number of amides is 1. The van der Waals surface area contributed by atoms with Crippen LogP contribution in [-0.4, -0.2) is 59.2 Å². The van der Waals surface area contributed by atoms with Crippen LogP contribution in [0.1, 0.15) is 36.0 Å². The highest BCUT2D eigenvalue weighted by molar-refractivity contribution is 5.97. The summed E-state index contributed by atoms with van der Waals surface area (Å²) in [6.07, 6.45) is 5.90. The van der Waals surface area contributed by atoms with Crippen molar-refractivity contribution in [2.45, 2.75) is 37.8 Å². The normalized spacial score (nSPS) is 24.5. The van der Waals surface area contributed by atoms with Crippen LogP contribution in [0.5, 0.6) is 5.88 Å². The van der Waals surface area contributed by atoms with Gasteiger partial charge in [0.25, 0.3) is 0 Å². The summed E-state index contributed by atoms with van der Waals surface area (Å²) in [5, 5.41) is 0.735. The van der Waals surface area contributed by atoms with Crippen molar-refractivity contribution >= 4 is 16.8 Å². The Hall–Kier alpha value is -2.25. The van der Waals surface area contributed by atoms with Crippen molar-refractivity contribution in [3.8, 4) is 5.88 Å². The lowest BCUT2D eigenvalue weighted by atomic mass is 9.91. The largest absolute Gasteiger partial charge is 0.474 e. The van der Waals surface area contributed by atoms with Gasteiger partial charge >= 0.3 is 0 Å². The van der Waals surface area contributed by atoms with E-state index in [0.717, 1.165) is 62.9 Å². The molecule has 2 fully saturated rings. The molecule has 2 aromatic rings. The van der Waals surface area contributed by atoms with Crippen LogP contribution in [0.15, 0.2) is 24.5 Å². The minimum atomic E-state index is -0.465. The van der Waals surface area contributed by atoms with Crippen LogP contribution in [-0.2, 0) is 4.74 Å². The number of nitrogens with zero attached hydrogens (tertiary/aromatic N) is 3. The number of morpholine rings is 1. The summed E-state index contributed by atoms with van der Waals surface area (Å²) in [7, 11) is 0. The van der Waals surface area contributed by atoms with E-state index in [0.29, 0.717) is 17.5 Å². The second-order valence-electron chi connectivity index (χ2n) is 6.97. The van der Waals surface area contributed by atoms with Gasteiger partial charge in [-0.1, -0.05) is 0 Å². The van der Waals surface area contributed by atoms with Crippen molar-refractivity contribution in [2.75, 3.05) is 26.3 Å². The molecule has 2 N–H and O–H groups in total. The molecule has 7 nitrogen and oxygen atoms in total. The van der Waals surface area contributed by atoms with Crippen LogP contribution in [0.4, 0.5) is 0 Å². The molecule has 1 aromatic carbocycles. The van der Waals surface area contributed by atoms with Crippen molar-refractivity contribution in [2.24, 2.45) is 5.73 Å². The second-order valence-corrected chi connectivity index (χ2v) is 6.97. The SMILES string of the molecule is NC(=O)c1ccc2ncnc(OC3CCC(N4CCOCC4)CC3)c2c1. The van der Waals surface area contributed by atoms with Crippen LogP contribution in [0, 0.1) is 0 Å². The van der Waals surface area contributed by atoms with E-state index in [-0.39, 0.29) is 6.10 Å². The van der Waals surface area contributed by atoms with E-state index in [1.54, 1.807) is 18.2 Å². The number of fused-ring (bicyclic) bond motifs is 1. The number of carbonyl (C=O) groups is 1. The van der Waals surface area contributed by atoms with Crippen molar-refractivity contribution < 1.29 is 14.3 Å². The highest BCUT2D eigenvalue weighted by Crippen LogP contribution is 2.29. The third-order valence-corrected chi connectivity index (χ3v) is 5.37. The van der Waals surface area contributed by atoms with Gasteiger partial charge in [-0.3, -0.25) is 9.69 Å². The van der Waals surface area contributed by atoms with Gasteiger partial charge in [-0.15, -0.1) is 0 Å². The summed E-state index contributed by atoms with van der Waals surface area (Å²) in [4.78, 5) is 22.5. The molecular formula is C19H24N4O3. The maximum absolute atomic E-state index is 11.5. The Morgan fingerprint density at radius 2 is 1.92 bits per heavy atom. The minimum absolute atomic E-state index is 0.141. The zero-order valence-corrected chi connectivity index (χ0v) is 14.8. The fraction of sp³-hybridized carbons (Fsp3) is 0.526. The molecule has 26 heavy (non-hydrogen) atoms. The van der Waals surface area contributed by atoms with Gasteiger partial charge in [0.05, 0.1) is 24.1 Å². The van der Waals surface area contributed by atoms with Crippen LogP contribution >= 0.6 is 0 Å². The van der Waals surface area contributed by atoms with Gasteiger partial charge in [0.15, 0.2) is 0 Å².